The molecule has 0 spiro atoms. The van der Waals surface area contributed by atoms with Gasteiger partial charge in [-0.2, -0.15) is 0 Å². The molecule has 0 bridgehead atoms. The zero-order valence-corrected chi connectivity index (χ0v) is 43.4. The highest BCUT2D eigenvalue weighted by Crippen LogP contribution is 2.45. The quantitative estimate of drug-likeness (QED) is 0.174. The molecule has 2 aromatic rings. The molecule has 0 aliphatic carbocycles. The zero-order valence-electron chi connectivity index (χ0n) is 43.4. The number of unbranched alkanes of at least 4 members (excludes halogenated alkanes) is 1. The molecule has 1 amide bonds. The van der Waals surface area contributed by atoms with Gasteiger partial charge in [-0.25, -0.2) is 9.78 Å². The molecule has 2 N–H and O–H groups in total. The Bertz CT molecular complexity index is 2030. The van der Waals surface area contributed by atoms with Crippen LogP contribution >= 0.6 is 0 Å². The van der Waals surface area contributed by atoms with Gasteiger partial charge in [0.25, 0.3) is 0 Å². The minimum atomic E-state index is -1.42. The second-order valence-corrected chi connectivity index (χ2v) is 21.1. The van der Waals surface area contributed by atoms with Crippen molar-refractivity contribution in [2.24, 2.45) is 23.7 Å². The van der Waals surface area contributed by atoms with Crippen molar-refractivity contribution in [3.63, 3.8) is 0 Å². The average Bonchev–Trinajstić information content (AvgIpc) is 3.90. The molecule has 18 heteroatoms. The van der Waals surface area contributed by atoms with Crippen molar-refractivity contribution in [1.29, 1.82) is 0 Å². The Morgan fingerprint density at radius 2 is 1.61 bits per heavy atom. The number of cyclic esters (lactones) is 1. The first-order valence-corrected chi connectivity index (χ1v) is 24.9. The van der Waals surface area contributed by atoms with Crippen molar-refractivity contribution in [3.05, 3.63) is 37.1 Å². The maximum atomic E-state index is 15.1. The molecule has 4 saturated heterocycles. The number of nitrogens with zero attached hydrogens (tertiary/aromatic N) is 5. The molecule has 4 aliphatic heterocycles. The summed E-state index contributed by atoms with van der Waals surface area (Å²) < 4.78 is 53.7. The van der Waals surface area contributed by atoms with Crippen LogP contribution in [0.5, 0.6) is 0 Å². The summed E-state index contributed by atoms with van der Waals surface area (Å²) in [6, 6.07) is 2.72. The number of Topliss-reactive ketones (excluding diaryl/α,β-unsaturated/α-hetero) is 1. The molecule has 0 radical (unpaired) electrons. The summed E-state index contributed by atoms with van der Waals surface area (Å²) in [6.07, 6.45) is 1.02. The van der Waals surface area contributed by atoms with Gasteiger partial charge >= 0.3 is 12.1 Å². The molecule has 4 aliphatic rings. The second-order valence-electron chi connectivity index (χ2n) is 21.1. The predicted octanol–water partition coefficient (Wildman–Crippen LogP) is 5.65. The van der Waals surface area contributed by atoms with Crippen LogP contribution in [0.3, 0.4) is 0 Å². The maximum absolute atomic E-state index is 15.1. The minimum Gasteiger partial charge on any atom is -0.458 e. The SMILES string of the molecule is CC[C@H]1OC(=O)[C@H](C)[C@@H](O[C@H]2CC(C)(OC)[C@@H](O)[C@H](C)O2)[C@H](C)[C@@H](O[C@@H]2O[C@H](C)C[C@H](N(C)C)[C@H]2O)[C@](C)(OC)C[C@@H](C)C(=O)[C@H](C)[C@H]2N(CCCCn3cnc(-c4cccnc4)c3)C(=O)O[C@]12C. The summed E-state index contributed by atoms with van der Waals surface area (Å²) in [7, 11) is 6.87. The lowest BCUT2D eigenvalue weighted by Crippen LogP contribution is -2.61. The number of hydrogen-bond acceptors (Lipinski definition) is 16. The van der Waals surface area contributed by atoms with E-state index in [-0.39, 0.29) is 37.2 Å². The van der Waals surface area contributed by atoms with Gasteiger partial charge in [-0.1, -0.05) is 27.7 Å². The first-order chi connectivity index (χ1) is 32.5. The highest BCUT2D eigenvalue weighted by atomic mass is 16.7. The number of pyridine rings is 1. The van der Waals surface area contributed by atoms with Gasteiger partial charge in [-0.15, -0.1) is 0 Å². The van der Waals surface area contributed by atoms with Crippen molar-refractivity contribution in [1.82, 2.24) is 24.3 Å². The van der Waals surface area contributed by atoms with E-state index < -0.39 is 108 Å². The third-order valence-electron chi connectivity index (χ3n) is 15.8. The number of hydrogen-bond donors (Lipinski definition) is 2. The largest absolute Gasteiger partial charge is 0.458 e. The molecule has 18 nitrogen and oxygen atoms in total. The van der Waals surface area contributed by atoms with E-state index in [0.717, 1.165) is 11.3 Å². The van der Waals surface area contributed by atoms with Crippen molar-refractivity contribution in [3.8, 4) is 11.3 Å². The molecular formula is C51H81N5O13. The van der Waals surface area contributed by atoms with Crippen LogP contribution in [0.25, 0.3) is 11.3 Å². The van der Waals surface area contributed by atoms with Gasteiger partial charge in [0.05, 0.1) is 59.6 Å². The first kappa shape index (κ1) is 54.7. The molecule has 388 valence electrons. The number of likely N-dealkylation sites (N-methyl/N-ethyl adjacent to an activating group) is 1. The average molecular weight is 972 g/mol. The number of esters is 1. The number of fused-ring (bicyclic) bond motifs is 1. The normalized spacial score (nSPS) is 40.6. The number of aliphatic hydroxyl groups excluding tert-OH is 2. The Hall–Kier alpha value is -3.59. The van der Waals surface area contributed by atoms with Crippen molar-refractivity contribution >= 4 is 17.8 Å². The number of amides is 1. The van der Waals surface area contributed by atoms with E-state index in [2.05, 4.69) is 9.97 Å². The van der Waals surface area contributed by atoms with Gasteiger partial charge in [0.2, 0.25) is 0 Å². The number of imidazole rings is 1. The van der Waals surface area contributed by atoms with Gasteiger partial charge in [0.15, 0.2) is 18.2 Å². The fraction of sp³-hybridized carbons (Fsp3) is 0.784. The Morgan fingerprint density at radius 3 is 2.25 bits per heavy atom. The van der Waals surface area contributed by atoms with Crippen LogP contribution in [0, 0.1) is 23.7 Å². The third kappa shape index (κ3) is 11.5. The Labute approximate surface area is 409 Å². The Morgan fingerprint density at radius 1 is 0.913 bits per heavy atom. The van der Waals surface area contributed by atoms with E-state index in [9.17, 15) is 19.8 Å². The smallest absolute Gasteiger partial charge is 0.410 e. The fourth-order valence-corrected chi connectivity index (χ4v) is 11.6. The summed E-state index contributed by atoms with van der Waals surface area (Å²) in [6.45, 7) is 19.1. The zero-order chi connectivity index (χ0) is 50.7. The van der Waals surface area contributed by atoms with Crippen LogP contribution in [-0.2, 0) is 54.0 Å². The standard InChI is InChI=1S/C51H81N5O13/c1-15-38-51(10)43(56(48(61)69-51)22-17-16-21-55-27-36(53-28-55)35-19-18-20-52-26-35)31(4)40(57)29(2)24-50(9,63-14)45(68-47-41(58)37(54(11)12)23-30(3)64-47)32(5)42(33(6)46(60)66-38)67-39-25-49(8,62-13)44(59)34(7)65-39/h18-20,26-34,37-39,41-45,47,58-59H,15-17,21-25H2,1-14H3/t29-,30-,31+,32+,33-,34+,37+,38-,39+,41-,42+,43-,44+,45-,47+,49?,50-,51-/m1/s1. The lowest BCUT2D eigenvalue weighted by molar-refractivity contribution is -0.319. The van der Waals surface area contributed by atoms with E-state index in [1.54, 1.807) is 58.4 Å². The van der Waals surface area contributed by atoms with E-state index in [0.29, 0.717) is 32.4 Å². The van der Waals surface area contributed by atoms with Crippen LogP contribution in [0.2, 0.25) is 0 Å². The van der Waals surface area contributed by atoms with Gasteiger partial charge in [0.1, 0.15) is 24.1 Å². The van der Waals surface area contributed by atoms with E-state index in [1.807, 2.05) is 83.4 Å². The summed E-state index contributed by atoms with van der Waals surface area (Å²) >= 11 is 0. The van der Waals surface area contributed by atoms with Gasteiger partial charge in [-0.3, -0.25) is 14.6 Å². The minimum absolute atomic E-state index is 0.126. The highest BCUT2D eigenvalue weighted by molar-refractivity contribution is 5.85. The predicted molar refractivity (Wildman–Crippen MR) is 254 cm³/mol. The molecular weight excluding hydrogens is 891 g/mol. The van der Waals surface area contributed by atoms with Gasteiger partial charge in [0, 0.05) is 81.7 Å². The number of aromatic nitrogens is 3. The number of aliphatic hydroxyl groups is 2. The summed E-state index contributed by atoms with van der Waals surface area (Å²) in [5.41, 5.74) is -2.01. The number of carbonyl (C=O) groups is 3. The molecule has 4 fully saturated rings. The molecule has 6 rings (SSSR count). The maximum Gasteiger partial charge on any atom is 0.410 e. The van der Waals surface area contributed by atoms with Crippen molar-refractivity contribution < 1.29 is 62.5 Å². The molecule has 18 atom stereocenters. The summed E-state index contributed by atoms with van der Waals surface area (Å²) in [5, 5.41) is 23.0. The van der Waals surface area contributed by atoms with Gasteiger partial charge in [-0.05, 0) is 99.9 Å². The van der Waals surface area contributed by atoms with Gasteiger partial charge < -0.3 is 62.5 Å². The van der Waals surface area contributed by atoms with Crippen molar-refractivity contribution in [2.45, 2.75) is 199 Å². The van der Waals surface area contributed by atoms with Crippen molar-refractivity contribution in [2.75, 3.05) is 34.9 Å². The Kier molecular flexibility index (Phi) is 17.8. The van der Waals surface area contributed by atoms with E-state index in [1.165, 1.54) is 7.11 Å². The van der Waals surface area contributed by atoms with Crippen LogP contribution in [-0.4, -0.2) is 171 Å². The topological polar surface area (TPSA) is 203 Å². The summed E-state index contributed by atoms with van der Waals surface area (Å²) in [4.78, 5) is 56.6. The Balaban J connectivity index is 1.36. The third-order valence-corrected chi connectivity index (χ3v) is 15.8. The number of ether oxygens (including phenoxy) is 8. The molecule has 2 aromatic heterocycles. The second kappa shape index (κ2) is 22.4. The number of ketones is 1. The number of methoxy groups -OCH3 is 2. The molecule has 0 aromatic carbocycles. The monoisotopic (exact) mass is 972 g/mol. The number of rotatable bonds is 14. The molecule has 0 saturated carbocycles. The lowest BCUT2D eigenvalue weighted by atomic mass is 9.73. The van der Waals surface area contributed by atoms with E-state index >= 15 is 4.79 Å². The van der Waals surface area contributed by atoms with Crippen LogP contribution in [0.1, 0.15) is 108 Å². The molecule has 69 heavy (non-hydrogen) atoms. The number of carbonyl (C=O) groups excluding carboxylic acids is 3. The van der Waals surface area contributed by atoms with Crippen LogP contribution < -0.4 is 0 Å². The van der Waals surface area contributed by atoms with E-state index in [4.69, 9.17) is 37.9 Å². The summed E-state index contributed by atoms with van der Waals surface area (Å²) in [5.74, 6) is -3.91. The highest BCUT2D eigenvalue weighted by Gasteiger charge is 2.61. The lowest BCUT2D eigenvalue weighted by Gasteiger charge is -2.50. The fourth-order valence-electron chi connectivity index (χ4n) is 11.6. The molecule has 1 unspecified atom stereocenters. The number of aryl methyl sites for hydroxylation is 1. The molecule has 6 heterocycles. The van der Waals surface area contributed by atoms with Crippen LogP contribution in [0.4, 0.5) is 4.79 Å². The first-order valence-electron chi connectivity index (χ1n) is 24.9. The van der Waals surface area contributed by atoms with Crippen LogP contribution in [0.15, 0.2) is 37.1 Å².